The second-order valence-corrected chi connectivity index (χ2v) is 6.07. The van der Waals surface area contributed by atoms with Crippen LogP contribution in [-0.4, -0.2) is 15.7 Å². The van der Waals surface area contributed by atoms with Gasteiger partial charge in [0.25, 0.3) is 5.91 Å². The highest BCUT2D eigenvalue weighted by molar-refractivity contribution is 6.33. The van der Waals surface area contributed by atoms with Crippen LogP contribution in [0.5, 0.6) is 0 Å². The van der Waals surface area contributed by atoms with E-state index in [0.717, 1.165) is 5.56 Å². The number of aromatic nitrogens is 2. The molecule has 2 aromatic carbocycles. The average molecular weight is 358 g/mol. The summed E-state index contributed by atoms with van der Waals surface area (Å²) in [7, 11) is 0. The maximum absolute atomic E-state index is 13.2. The molecule has 3 rings (SSSR count). The molecule has 128 valence electrons. The van der Waals surface area contributed by atoms with Gasteiger partial charge in [-0.25, -0.2) is 9.07 Å². The van der Waals surface area contributed by atoms with Crippen molar-refractivity contribution in [3.8, 4) is 0 Å². The van der Waals surface area contributed by atoms with Crippen molar-refractivity contribution in [2.75, 3.05) is 0 Å². The molecule has 0 bridgehead atoms. The normalized spacial score (nSPS) is 10.7. The number of aryl methyl sites for hydroxylation is 1. The molecular weight excluding hydrogens is 341 g/mol. The molecule has 4 nitrogen and oxygen atoms in total. The van der Waals surface area contributed by atoms with Gasteiger partial charge < -0.3 is 5.32 Å². The van der Waals surface area contributed by atoms with E-state index in [-0.39, 0.29) is 23.4 Å². The van der Waals surface area contributed by atoms with Crippen LogP contribution in [0.1, 0.15) is 27.2 Å². The number of rotatable bonds is 5. The summed E-state index contributed by atoms with van der Waals surface area (Å²) in [6.07, 6.45) is 0. The number of benzene rings is 2. The van der Waals surface area contributed by atoms with E-state index in [0.29, 0.717) is 23.4 Å². The summed E-state index contributed by atoms with van der Waals surface area (Å²) in [6, 6.07) is 15.8. The Balaban J connectivity index is 1.74. The minimum Gasteiger partial charge on any atom is -0.348 e. The van der Waals surface area contributed by atoms with Gasteiger partial charge in [0.1, 0.15) is 11.0 Å². The number of carbonyl (C=O) groups is 1. The predicted octanol–water partition coefficient (Wildman–Crippen LogP) is 3.96. The molecule has 25 heavy (non-hydrogen) atoms. The number of amides is 1. The SMILES string of the molecule is Cc1nn(Cc2ccccc2)c(Cl)c1C(=O)NCc1cccc(F)c1. The Labute approximate surface area is 150 Å². The van der Waals surface area contributed by atoms with Crippen molar-refractivity contribution in [1.29, 1.82) is 0 Å². The van der Waals surface area contributed by atoms with E-state index in [1.807, 2.05) is 30.3 Å². The van der Waals surface area contributed by atoms with Crippen LogP contribution in [0.15, 0.2) is 54.6 Å². The Morgan fingerprint density at radius 3 is 2.60 bits per heavy atom. The van der Waals surface area contributed by atoms with Crippen LogP contribution >= 0.6 is 11.6 Å². The van der Waals surface area contributed by atoms with E-state index in [9.17, 15) is 9.18 Å². The lowest BCUT2D eigenvalue weighted by atomic mass is 10.2. The highest BCUT2D eigenvalue weighted by Crippen LogP contribution is 2.21. The van der Waals surface area contributed by atoms with Crippen LogP contribution in [0.25, 0.3) is 0 Å². The summed E-state index contributed by atoms with van der Waals surface area (Å²) in [5, 5.41) is 7.41. The molecule has 0 spiro atoms. The Kier molecular flexibility index (Phi) is 5.14. The molecule has 0 aliphatic carbocycles. The van der Waals surface area contributed by atoms with Gasteiger partial charge in [0.05, 0.1) is 17.8 Å². The van der Waals surface area contributed by atoms with E-state index in [1.165, 1.54) is 12.1 Å². The van der Waals surface area contributed by atoms with Gasteiger partial charge in [0.2, 0.25) is 0 Å². The zero-order valence-corrected chi connectivity index (χ0v) is 14.4. The van der Waals surface area contributed by atoms with Crippen molar-refractivity contribution < 1.29 is 9.18 Å². The molecule has 0 saturated carbocycles. The van der Waals surface area contributed by atoms with E-state index < -0.39 is 0 Å². The lowest BCUT2D eigenvalue weighted by molar-refractivity contribution is 0.0950. The summed E-state index contributed by atoms with van der Waals surface area (Å²) in [5.41, 5.74) is 2.61. The zero-order chi connectivity index (χ0) is 17.8. The zero-order valence-electron chi connectivity index (χ0n) is 13.7. The average Bonchev–Trinajstić information content (AvgIpc) is 2.87. The Morgan fingerprint density at radius 1 is 1.16 bits per heavy atom. The summed E-state index contributed by atoms with van der Waals surface area (Å²) in [6.45, 7) is 2.44. The maximum Gasteiger partial charge on any atom is 0.256 e. The van der Waals surface area contributed by atoms with Gasteiger partial charge in [-0.15, -0.1) is 0 Å². The van der Waals surface area contributed by atoms with Crippen molar-refractivity contribution in [3.05, 3.63) is 88.0 Å². The lowest BCUT2D eigenvalue weighted by Gasteiger charge is -2.06. The molecule has 6 heteroatoms. The fourth-order valence-electron chi connectivity index (χ4n) is 2.59. The number of halogens is 2. The van der Waals surface area contributed by atoms with Gasteiger partial charge in [-0.05, 0) is 30.2 Å². The summed E-state index contributed by atoms with van der Waals surface area (Å²) in [4.78, 5) is 12.5. The van der Waals surface area contributed by atoms with Crippen LogP contribution in [0.4, 0.5) is 4.39 Å². The summed E-state index contributed by atoms with van der Waals surface area (Å²) < 4.78 is 14.8. The third-order valence-corrected chi connectivity index (χ3v) is 4.19. The summed E-state index contributed by atoms with van der Waals surface area (Å²) >= 11 is 6.36. The second kappa shape index (κ2) is 7.49. The number of hydrogen-bond donors (Lipinski definition) is 1. The Bertz CT molecular complexity index is 893. The van der Waals surface area contributed by atoms with Crippen molar-refractivity contribution in [1.82, 2.24) is 15.1 Å². The van der Waals surface area contributed by atoms with Crippen LogP contribution < -0.4 is 5.32 Å². The molecule has 1 amide bonds. The van der Waals surface area contributed by atoms with Crippen molar-refractivity contribution in [2.24, 2.45) is 0 Å². The second-order valence-electron chi connectivity index (χ2n) is 5.71. The first kappa shape index (κ1) is 17.2. The molecule has 1 heterocycles. The van der Waals surface area contributed by atoms with Crippen molar-refractivity contribution >= 4 is 17.5 Å². The largest absolute Gasteiger partial charge is 0.348 e. The highest BCUT2D eigenvalue weighted by atomic mass is 35.5. The van der Waals surface area contributed by atoms with Gasteiger partial charge in [0.15, 0.2) is 0 Å². The minimum atomic E-state index is -0.336. The van der Waals surface area contributed by atoms with E-state index >= 15 is 0 Å². The van der Waals surface area contributed by atoms with E-state index in [1.54, 1.807) is 23.7 Å². The standard InChI is InChI=1S/C19H17ClFN3O/c1-13-17(19(25)22-11-15-8-5-9-16(21)10-15)18(20)24(23-13)12-14-6-3-2-4-7-14/h2-10H,11-12H2,1H3,(H,22,25). The maximum atomic E-state index is 13.2. The fraction of sp³-hybridized carbons (Fsp3) is 0.158. The molecule has 0 atom stereocenters. The Morgan fingerprint density at radius 2 is 1.88 bits per heavy atom. The third-order valence-electron chi connectivity index (χ3n) is 3.81. The fourth-order valence-corrected chi connectivity index (χ4v) is 2.91. The Hall–Kier alpha value is -2.66. The van der Waals surface area contributed by atoms with Gasteiger partial charge in [-0.2, -0.15) is 5.10 Å². The topological polar surface area (TPSA) is 46.9 Å². The van der Waals surface area contributed by atoms with Crippen LogP contribution in [0.3, 0.4) is 0 Å². The van der Waals surface area contributed by atoms with Gasteiger partial charge >= 0.3 is 0 Å². The first-order valence-corrected chi connectivity index (χ1v) is 8.22. The highest BCUT2D eigenvalue weighted by Gasteiger charge is 2.20. The van der Waals surface area contributed by atoms with Crippen molar-refractivity contribution in [3.63, 3.8) is 0 Å². The van der Waals surface area contributed by atoms with E-state index in [4.69, 9.17) is 11.6 Å². The molecule has 0 saturated heterocycles. The number of hydrogen-bond acceptors (Lipinski definition) is 2. The monoisotopic (exact) mass is 357 g/mol. The predicted molar refractivity (Wildman–Crippen MR) is 95.1 cm³/mol. The number of nitrogens with one attached hydrogen (secondary N) is 1. The quantitative estimate of drug-likeness (QED) is 0.751. The van der Waals surface area contributed by atoms with Crippen molar-refractivity contribution in [2.45, 2.75) is 20.0 Å². The summed E-state index contributed by atoms with van der Waals surface area (Å²) in [5.74, 6) is -0.664. The van der Waals surface area contributed by atoms with E-state index in [2.05, 4.69) is 10.4 Å². The first-order chi connectivity index (χ1) is 12.0. The molecule has 3 aromatic rings. The molecule has 0 aliphatic rings. The molecule has 1 aromatic heterocycles. The van der Waals surface area contributed by atoms with Crippen LogP contribution in [0.2, 0.25) is 5.15 Å². The molecular formula is C19H17ClFN3O. The number of carbonyl (C=O) groups excluding carboxylic acids is 1. The minimum absolute atomic E-state index is 0.218. The molecule has 0 radical (unpaired) electrons. The van der Waals surface area contributed by atoms with Crippen LogP contribution in [-0.2, 0) is 13.1 Å². The third kappa shape index (κ3) is 4.06. The van der Waals surface area contributed by atoms with Gasteiger partial charge in [0, 0.05) is 6.54 Å². The smallest absolute Gasteiger partial charge is 0.256 e. The van der Waals surface area contributed by atoms with Gasteiger partial charge in [-0.1, -0.05) is 54.1 Å². The van der Waals surface area contributed by atoms with Gasteiger partial charge in [-0.3, -0.25) is 4.79 Å². The molecule has 0 unspecified atom stereocenters. The molecule has 1 N–H and O–H groups in total. The molecule has 0 aliphatic heterocycles. The molecule has 0 fully saturated rings. The first-order valence-electron chi connectivity index (χ1n) is 7.84. The van der Waals surface area contributed by atoms with Crippen LogP contribution in [0, 0.1) is 12.7 Å². The lowest BCUT2D eigenvalue weighted by Crippen LogP contribution is -2.23. The number of nitrogens with zero attached hydrogens (tertiary/aromatic N) is 2.